The van der Waals surface area contributed by atoms with E-state index >= 15 is 0 Å². The Bertz CT molecular complexity index is 218. The van der Waals surface area contributed by atoms with Gasteiger partial charge in [-0.15, -0.1) is 0 Å². The molecule has 0 N–H and O–H groups in total. The molecule has 1 aromatic rings. The van der Waals surface area contributed by atoms with Gasteiger partial charge in [-0.25, -0.2) is 0 Å². The van der Waals surface area contributed by atoms with Gasteiger partial charge < -0.3 is 4.74 Å². The molecule has 1 heterocycles. The highest BCUT2D eigenvalue weighted by atomic mass is 16.5. The lowest BCUT2D eigenvalue weighted by molar-refractivity contribution is 0.150. The third-order valence-electron chi connectivity index (χ3n) is 1.68. The molecule has 0 saturated heterocycles. The van der Waals surface area contributed by atoms with Gasteiger partial charge in [0.25, 0.3) is 0 Å². The molecular formula is C10H15NO. The van der Waals surface area contributed by atoms with Gasteiger partial charge in [0.05, 0.1) is 6.61 Å². The predicted octanol–water partition coefficient (Wildman–Crippen LogP) is 1.97. The summed E-state index contributed by atoms with van der Waals surface area (Å²) in [6, 6.07) is 4.13. The van der Waals surface area contributed by atoms with Gasteiger partial charge in [-0.2, -0.15) is 0 Å². The fraction of sp³-hybridized carbons (Fsp3) is 0.500. The van der Waals surface area contributed by atoms with E-state index in [9.17, 15) is 0 Å². The van der Waals surface area contributed by atoms with Crippen molar-refractivity contribution in [1.29, 1.82) is 0 Å². The molecule has 0 radical (unpaired) electrons. The van der Waals surface area contributed by atoms with E-state index in [0.29, 0.717) is 0 Å². The number of aromatic nitrogens is 1. The summed E-state index contributed by atoms with van der Waals surface area (Å²) in [6.07, 6.45) is 2.80. The van der Waals surface area contributed by atoms with Crippen LogP contribution >= 0.6 is 0 Å². The predicted molar refractivity (Wildman–Crippen MR) is 49.2 cm³/mol. The van der Waals surface area contributed by atoms with Crippen LogP contribution in [0.2, 0.25) is 0 Å². The maximum atomic E-state index is 5.23. The largest absolute Gasteiger partial charge is 0.381 e. The van der Waals surface area contributed by atoms with Crippen molar-refractivity contribution < 1.29 is 4.74 Å². The van der Waals surface area contributed by atoms with Crippen molar-refractivity contribution in [2.75, 3.05) is 13.2 Å². The van der Waals surface area contributed by atoms with Crippen LogP contribution in [0.15, 0.2) is 18.3 Å². The normalized spacial score (nSPS) is 10.2. The van der Waals surface area contributed by atoms with Gasteiger partial charge in [-0.05, 0) is 25.5 Å². The Morgan fingerprint density at radius 1 is 1.42 bits per heavy atom. The topological polar surface area (TPSA) is 22.1 Å². The lowest BCUT2D eigenvalue weighted by Gasteiger charge is -2.00. The summed E-state index contributed by atoms with van der Waals surface area (Å²) in [6.45, 7) is 5.60. The fourth-order valence-electron chi connectivity index (χ4n) is 0.967. The van der Waals surface area contributed by atoms with Gasteiger partial charge in [0.15, 0.2) is 0 Å². The second-order valence-electron chi connectivity index (χ2n) is 2.77. The van der Waals surface area contributed by atoms with E-state index in [1.807, 2.05) is 26.1 Å². The Hall–Kier alpha value is -0.890. The van der Waals surface area contributed by atoms with Crippen molar-refractivity contribution in [3.8, 4) is 0 Å². The molecule has 0 aliphatic carbocycles. The first kappa shape index (κ1) is 9.20. The highest BCUT2D eigenvalue weighted by Crippen LogP contribution is 1.99. The molecule has 0 spiro atoms. The SMILES string of the molecule is CCOCCc1ccc(C)cn1. The second kappa shape index (κ2) is 4.88. The van der Waals surface area contributed by atoms with E-state index in [0.717, 1.165) is 25.3 Å². The number of nitrogens with zero attached hydrogens (tertiary/aromatic N) is 1. The molecule has 12 heavy (non-hydrogen) atoms. The van der Waals surface area contributed by atoms with Crippen LogP contribution in [-0.2, 0) is 11.2 Å². The van der Waals surface area contributed by atoms with Crippen LogP contribution in [0, 0.1) is 6.92 Å². The van der Waals surface area contributed by atoms with Gasteiger partial charge in [-0.1, -0.05) is 6.07 Å². The van der Waals surface area contributed by atoms with Gasteiger partial charge in [0, 0.05) is 24.9 Å². The highest BCUT2D eigenvalue weighted by molar-refractivity contribution is 5.12. The Morgan fingerprint density at radius 2 is 2.25 bits per heavy atom. The molecule has 0 unspecified atom stereocenters. The highest BCUT2D eigenvalue weighted by Gasteiger charge is 1.92. The molecule has 0 aliphatic rings. The number of rotatable bonds is 4. The zero-order chi connectivity index (χ0) is 8.81. The minimum atomic E-state index is 0.770. The lowest BCUT2D eigenvalue weighted by Crippen LogP contribution is -1.99. The number of ether oxygens (including phenoxy) is 1. The molecule has 0 aromatic carbocycles. The molecule has 66 valence electrons. The average molecular weight is 165 g/mol. The van der Waals surface area contributed by atoms with Crippen LogP contribution < -0.4 is 0 Å². The van der Waals surface area contributed by atoms with Crippen LogP contribution in [0.5, 0.6) is 0 Å². The lowest BCUT2D eigenvalue weighted by atomic mass is 10.2. The molecular weight excluding hydrogens is 150 g/mol. The third kappa shape index (κ3) is 3.01. The minimum Gasteiger partial charge on any atom is -0.381 e. The monoisotopic (exact) mass is 165 g/mol. The summed E-state index contributed by atoms with van der Waals surface area (Å²) in [5.74, 6) is 0. The summed E-state index contributed by atoms with van der Waals surface area (Å²) in [5.41, 5.74) is 2.31. The van der Waals surface area contributed by atoms with E-state index in [-0.39, 0.29) is 0 Å². The third-order valence-corrected chi connectivity index (χ3v) is 1.68. The van der Waals surface area contributed by atoms with Crippen molar-refractivity contribution in [3.63, 3.8) is 0 Å². The number of hydrogen-bond donors (Lipinski definition) is 0. The van der Waals surface area contributed by atoms with Gasteiger partial charge in [0.2, 0.25) is 0 Å². The molecule has 0 saturated carbocycles. The first-order chi connectivity index (χ1) is 5.83. The molecule has 1 rings (SSSR count). The maximum Gasteiger partial charge on any atom is 0.0521 e. The van der Waals surface area contributed by atoms with Gasteiger partial charge in [-0.3, -0.25) is 4.98 Å². The quantitative estimate of drug-likeness (QED) is 0.636. The Kier molecular flexibility index (Phi) is 3.74. The summed E-state index contributed by atoms with van der Waals surface area (Å²) >= 11 is 0. The number of pyridine rings is 1. The van der Waals surface area contributed by atoms with Crippen LogP contribution in [-0.4, -0.2) is 18.2 Å². The number of hydrogen-bond acceptors (Lipinski definition) is 2. The van der Waals surface area contributed by atoms with Crippen LogP contribution in [0.3, 0.4) is 0 Å². The van der Waals surface area contributed by atoms with Crippen molar-refractivity contribution in [1.82, 2.24) is 4.98 Å². The molecule has 0 amide bonds. The standard InChI is InChI=1S/C10H15NO/c1-3-12-7-6-10-5-4-9(2)8-11-10/h4-5,8H,3,6-7H2,1-2H3. The minimum absolute atomic E-state index is 0.770. The number of aryl methyl sites for hydroxylation is 1. The molecule has 0 atom stereocenters. The molecule has 2 heteroatoms. The van der Waals surface area contributed by atoms with E-state index in [1.165, 1.54) is 5.56 Å². The van der Waals surface area contributed by atoms with Crippen molar-refractivity contribution >= 4 is 0 Å². The van der Waals surface area contributed by atoms with Crippen LogP contribution in [0.1, 0.15) is 18.2 Å². The maximum absolute atomic E-state index is 5.23. The fourth-order valence-corrected chi connectivity index (χ4v) is 0.967. The smallest absolute Gasteiger partial charge is 0.0521 e. The summed E-state index contributed by atoms with van der Waals surface area (Å²) < 4.78 is 5.23. The molecule has 0 aliphatic heterocycles. The molecule has 1 aromatic heterocycles. The van der Waals surface area contributed by atoms with Crippen molar-refractivity contribution in [2.45, 2.75) is 20.3 Å². The summed E-state index contributed by atoms with van der Waals surface area (Å²) in [7, 11) is 0. The molecule has 0 bridgehead atoms. The zero-order valence-electron chi connectivity index (χ0n) is 7.71. The van der Waals surface area contributed by atoms with Crippen molar-refractivity contribution in [3.05, 3.63) is 29.6 Å². The Labute approximate surface area is 73.6 Å². The molecule has 2 nitrogen and oxygen atoms in total. The average Bonchev–Trinajstić information content (AvgIpc) is 2.09. The second-order valence-corrected chi connectivity index (χ2v) is 2.77. The van der Waals surface area contributed by atoms with E-state index < -0.39 is 0 Å². The van der Waals surface area contributed by atoms with Crippen LogP contribution in [0.4, 0.5) is 0 Å². The Balaban J connectivity index is 2.37. The van der Waals surface area contributed by atoms with Gasteiger partial charge in [0.1, 0.15) is 0 Å². The van der Waals surface area contributed by atoms with E-state index in [2.05, 4.69) is 11.1 Å². The van der Waals surface area contributed by atoms with E-state index in [4.69, 9.17) is 4.74 Å². The molecule has 0 fully saturated rings. The zero-order valence-corrected chi connectivity index (χ0v) is 7.71. The Morgan fingerprint density at radius 3 is 2.83 bits per heavy atom. The summed E-state index contributed by atoms with van der Waals surface area (Å²) in [4.78, 5) is 4.27. The first-order valence-electron chi connectivity index (χ1n) is 4.32. The summed E-state index contributed by atoms with van der Waals surface area (Å²) in [5, 5.41) is 0. The van der Waals surface area contributed by atoms with Gasteiger partial charge >= 0.3 is 0 Å². The van der Waals surface area contributed by atoms with E-state index in [1.54, 1.807) is 0 Å². The van der Waals surface area contributed by atoms with Crippen molar-refractivity contribution in [2.24, 2.45) is 0 Å². The van der Waals surface area contributed by atoms with Crippen LogP contribution in [0.25, 0.3) is 0 Å². The first-order valence-corrected chi connectivity index (χ1v) is 4.32.